The summed E-state index contributed by atoms with van der Waals surface area (Å²) < 4.78 is 23.8. The fourth-order valence-corrected chi connectivity index (χ4v) is 4.59. The highest BCUT2D eigenvalue weighted by molar-refractivity contribution is 9.10. The molecule has 1 fully saturated rings. The molecule has 0 bridgehead atoms. The average molecular weight is 395 g/mol. The first kappa shape index (κ1) is 16.8. The van der Waals surface area contributed by atoms with Gasteiger partial charge in [0.1, 0.15) is 0 Å². The molecule has 1 amide bonds. The summed E-state index contributed by atoms with van der Waals surface area (Å²) in [6.07, 6.45) is 1.89. The topological polar surface area (TPSA) is 54.5 Å². The molecule has 0 atom stereocenters. The molecule has 0 saturated carbocycles. The Balaban J connectivity index is 2.55. The molecule has 0 radical (unpaired) electrons. The summed E-state index contributed by atoms with van der Waals surface area (Å²) in [4.78, 5) is 14.6. The molecule has 1 aliphatic heterocycles. The lowest BCUT2D eigenvalue weighted by Crippen LogP contribution is -2.43. The largest absolute Gasteiger partial charge is 0.334 e. The smallest absolute Gasteiger partial charge is 0.261 e. The molecule has 1 aliphatic rings. The van der Waals surface area contributed by atoms with E-state index in [-0.39, 0.29) is 16.3 Å². The number of carbonyl (C=O) groups is 1. The fraction of sp³-hybridized carbons (Fsp3) is 0.500. The third-order valence-electron chi connectivity index (χ3n) is 3.96. The van der Waals surface area contributed by atoms with E-state index in [9.17, 15) is 13.2 Å². The minimum atomic E-state index is -3.89. The van der Waals surface area contributed by atoms with Crippen LogP contribution in [0.25, 0.3) is 0 Å². The summed E-state index contributed by atoms with van der Waals surface area (Å²) in [6, 6.07) is 3.07. The van der Waals surface area contributed by atoms with Crippen LogP contribution in [0.2, 0.25) is 0 Å². The Morgan fingerprint density at radius 1 is 1.38 bits per heavy atom. The number of benzene rings is 1. The van der Waals surface area contributed by atoms with Crippen molar-refractivity contribution in [3.63, 3.8) is 0 Å². The quantitative estimate of drug-likeness (QED) is 0.719. The number of carbonyl (C=O) groups excluding carboxylic acids is 1. The maximum atomic E-state index is 12.8. The molecule has 0 spiro atoms. The minimum absolute atomic E-state index is 0.0288. The van der Waals surface area contributed by atoms with Crippen LogP contribution >= 0.6 is 26.6 Å². The van der Waals surface area contributed by atoms with Gasteiger partial charge in [-0.05, 0) is 51.3 Å². The maximum absolute atomic E-state index is 12.8. The average Bonchev–Trinajstić information content (AvgIpc) is 2.69. The van der Waals surface area contributed by atoms with E-state index < -0.39 is 9.05 Å². The number of hydrogen-bond acceptors (Lipinski definition) is 3. The van der Waals surface area contributed by atoms with Gasteiger partial charge in [0.05, 0.1) is 4.90 Å². The molecular weight excluding hydrogens is 378 g/mol. The molecule has 4 nitrogen and oxygen atoms in total. The van der Waals surface area contributed by atoms with Crippen molar-refractivity contribution < 1.29 is 13.2 Å². The van der Waals surface area contributed by atoms with Gasteiger partial charge in [0, 0.05) is 32.8 Å². The SMILES string of the molecule is Cc1c(C(=O)N2CCCC2(C)C)cc(Br)cc1S(=O)(=O)Cl. The lowest BCUT2D eigenvalue weighted by atomic mass is 10.0. The van der Waals surface area contributed by atoms with Crippen LogP contribution in [0, 0.1) is 6.92 Å². The van der Waals surface area contributed by atoms with Crippen molar-refractivity contribution in [1.29, 1.82) is 0 Å². The van der Waals surface area contributed by atoms with Crippen LogP contribution in [0.3, 0.4) is 0 Å². The van der Waals surface area contributed by atoms with E-state index in [1.165, 1.54) is 6.07 Å². The van der Waals surface area contributed by atoms with Gasteiger partial charge in [0.2, 0.25) is 0 Å². The lowest BCUT2D eigenvalue weighted by molar-refractivity contribution is 0.0651. The Morgan fingerprint density at radius 3 is 2.48 bits per heavy atom. The summed E-state index contributed by atoms with van der Waals surface area (Å²) in [5.41, 5.74) is 0.547. The van der Waals surface area contributed by atoms with Crippen molar-refractivity contribution in [3.05, 3.63) is 27.7 Å². The summed E-state index contributed by atoms with van der Waals surface area (Å²) in [7, 11) is 1.56. The Bertz CT molecular complexity index is 700. The van der Waals surface area contributed by atoms with Gasteiger partial charge >= 0.3 is 0 Å². The van der Waals surface area contributed by atoms with Crippen LogP contribution in [0.15, 0.2) is 21.5 Å². The molecule has 1 heterocycles. The number of nitrogens with zero attached hydrogens (tertiary/aromatic N) is 1. The molecule has 1 aromatic carbocycles. The summed E-state index contributed by atoms with van der Waals surface area (Å²) in [6.45, 7) is 6.33. The van der Waals surface area contributed by atoms with E-state index in [4.69, 9.17) is 10.7 Å². The third kappa shape index (κ3) is 3.27. The second-order valence-corrected chi connectivity index (χ2v) is 9.34. The van der Waals surface area contributed by atoms with Crippen molar-refractivity contribution >= 4 is 41.6 Å². The number of likely N-dealkylation sites (tertiary alicyclic amines) is 1. The van der Waals surface area contributed by atoms with Gasteiger partial charge in [-0.15, -0.1) is 0 Å². The summed E-state index contributed by atoms with van der Waals surface area (Å²) in [5, 5.41) is 0. The van der Waals surface area contributed by atoms with Crippen LogP contribution in [-0.2, 0) is 9.05 Å². The molecule has 2 rings (SSSR count). The Labute approximate surface area is 138 Å². The highest BCUT2D eigenvalue weighted by Crippen LogP contribution is 2.33. The van der Waals surface area contributed by atoms with Gasteiger partial charge in [-0.1, -0.05) is 15.9 Å². The van der Waals surface area contributed by atoms with Gasteiger partial charge < -0.3 is 4.90 Å². The molecule has 1 aromatic rings. The predicted molar refractivity (Wildman–Crippen MR) is 86.3 cm³/mol. The molecule has 116 valence electrons. The molecular formula is C14H17BrClNO3S. The summed E-state index contributed by atoms with van der Waals surface area (Å²) >= 11 is 3.25. The van der Waals surface area contributed by atoms with E-state index >= 15 is 0 Å². The van der Waals surface area contributed by atoms with Crippen LogP contribution in [0.1, 0.15) is 42.6 Å². The van der Waals surface area contributed by atoms with Crippen molar-refractivity contribution in [2.75, 3.05) is 6.54 Å². The van der Waals surface area contributed by atoms with E-state index in [0.29, 0.717) is 22.1 Å². The van der Waals surface area contributed by atoms with Gasteiger partial charge in [-0.25, -0.2) is 8.42 Å². The Kier molecular flexibility index (Phi) is 4.44. The minimum Gasteiger partial charge on any atom is -0.334 e. The second-order valence-electron chi connectivity index (χ2n) is 5.89. The highest BCUT2D eigenvalue weighted by atomic mass is 79.9. The van der Waals surface area contributed by atoms with Crippen molar-refractivity contribution in [1.82, 2.24) is 4.90 Å². The zero-order valence-electron chi connectivity index (χ0n) is 12.1. The molecule has 0 N–H and O–H groups in total. The van der Waals surface area contributed by atoms with Crippen molar-refractivity contribution in [3.8, 4) is 0 Å². The fourth-order valence-electron chi connectivity index (χ4n) is 2.76. The van der Waals surface area contributed by atoms with Crippen LogP contribution in [0.5, 0.6) is 0 Å². The maximum Gasteiger partial charge on any atom is 0.261 e. The van der Waals surface area contributed by atoms with E-state index in [1.807, 2.05) is 13.8 Å². The van der Waals surface area contributed by atoms with Crippen LogP contribution in [0.4, 0.5) is 0 Å². The van der Waals surface area contributed by atoms with E-state index in [1.54, 1.807) is 17.9 Å². The van der Waals surface area contributed by atoms with Crippen molar-refractivity contribution in [2.45, 2.75) is 44.0 Å². The first-order valence-electron chi connectivity index (χ1n) is 6.61. The molecule has 7 heteroatoms. The first-order chi connectivity index (χ1) is 9.54. The normalized spacial score (nSPS) is 18.0. The summed E-state index contributed by atoms with van der Waals surface area (Å²) in [5.74, 6) is -0.155. The lowest BCUT2D eigenvalue weighted by Gasteiger charge is -2.32. The zero-order chi connectivity index (χ0) is 16.0. The van der Waals surface area contributed by atoms with Crippen LogP contribution < -0.4 is 0 Å². The standard InChI is InChI=1S/C14H17BrClNO3S/c1-9-11(7-10(15)8-12(9)21(16,19)20)13(18)17-6-4-5-14(17,2)3/h7-8H,4-6H2,1-3H3. The number of rotatable bonds is 2. The van der Waals surface area contributed by atoms with E-state index in [0.717, 1.165) is 12.8 Å². The molecule has 0 unspecified atom stereocenters. The molecule has 21 heavy (non-hydrogen) atoms. The second kappa shape index (κ2) is 5.56. The predicted octanol–water partition coefficient (Wildman–Crippen LogP) is 3.70. The third-order valence-corrected chi connectivity index (χ3v) is 5.87. The van der Waals surface area contributed by atoms with Gasteiger partial charge in [0.15, 0.2) is 0 Å². The molecule has 0 aromatic heterocycles. The molecule has 1 saturated heterocycles. The zero-order valence-corrected chi connectivity index (χ0v) is 15.3. The number of halogens is 2. The highest BCUT2D eigenvalue weighted by Gasteiger charge is 2.36. The number of hydrogen-bond donors (Lipinski definition) is 0. The van der Waals surface area contributed by atoms with Gasteiger partial charge in [0.25, 0.3) is 15.0 Å². The van der Waals surface area contributed by atoms with Crippen molar-refractivity contribution in [2.24, 2.45) is 0 Å². The Morgan fingerprint density at radius 2 is 2.00 bits per heavy atom. The first-order valence-corrected chi connectivity index (χ1v) is 9.71. The van der Waals surface area contributed by atoms with Gasteiger partial charge in [-0.2, -0.15) is 0 Å². The number of amides is 1. The van der Waals surface area contributed by atoms with E-state index in [2.05, 4.69) is 15.9 Å². The van der Waals surface area contributed by atoms with Crippen LogP contribution in [-0.4, -0.2) is 31.3 Å². The monoisotopic (exact) mass is 393 g/mol. The Hall–Kier alpha value is -0.590. The molecule has 0 aliphatic carbocycles. The van der Waals surface area contributed by atoms with Gasteiger partial charge in [-0.3, -0.25) is 4.79 Å².